The summed E-state index contributed by atoms with van der Waals surface area (Å²) in [6.45, 7) is 0. The van der Waals surface area contributed by atoms with Crippen molar-refractivity contribution in [2.75, 3.05) is 5.32 Å². The molecule has 0 aliphatic heterocycles. The SMILES string of the molecule is N#Cc1ccc(NC(=O)C2CC2C(=O)O)c(Cl)c1. The van der Waals surface area contributed by atoms with Gasteiger partial charge in [0.2, 0.25) is 5.91 Å². The van der Waals surface area contributed by atoms with E-state index in [2.05, 4.69) is 5.32 Å². The third kappa shape index (κ3) is 2.44. The van der Waals surface area contributed by atoms with E-state index in [1.54, 1.807) is 0 Å². The molecule has 0 radical (unpaired) electrons. The topological polar surface area (TPSA) is 90.2 Å². The van der Waals surface area contributed by atoms with Crippen LogP contribution in [-0.4, -0.2) is 17.0 Å². The number of carboxylic acid groups (broad SMARTS) is 1. The molecule has 1 amide bonds. The molecule has 0 saturated heterocycles. The minimum atomic E-state index is -0.957. The molecule has 0 bridgehead atoms. The Morgan fingerprint density at radius 2 is 2.17 bits per heavy atom. The molecule has 0 spiro atoms. The van der Waals surface area contributed by atoms with Crippen LogP contribution in [0.2, 0.25) is 5.02 Å². The average molecular weight is 265 g/mol. The number of carbonyl (C=O) groups excluding carboxylic acids is 1. The summed E-state index contributed by atoms with van der Waals surface area (Å²) in [4.78, 5) is 22.3. The highest BCUT2D eigenvalue weighted by atomic mass is 35.5. The van der Waals surface area contributed by atoms with Crippen LogP contribution < -0.4 is 5.32 Å². The first-order valence-electron chi connectivity index (χ1n) is 5.26. The molecule has 1 aromatic carbocycles. The van der Waals surface area contributed by atoms with E-state index in [4.69, 9.17) is 22.0 Å². The molecule has 1 aliphatic rings. The normalized spacial score (nSPS) is 20.9. The molecule has 2 unspecified atom stereocenters. The predicted octanol–water partition coefficient (Wildman–Crippen LogP) is 1.87. The Bertz CT molecular complexity index is 565. The van der Waals surface area contributed by atoms with Crippen LogP contribution >= 0.6 is 11.6 Å². The van der Waals surface area contributed by atoms with Gasteiger partial charge in [0.15, 0.2) is 0 Å². The smallest absolute Gasteiger partial charge is 0.307 e. The molecule has 1 aliphatic carbocycles. The molecule has 1 aromatic rings. The fourth-order valence-corrected chi connectivity index (χ4v) is 1.90. The number of amides is 1. The number of nitrogens with one attached hydrogen (secondary N) is 1. The second kappa shape index (κ2) is 4.67. The molecule has 92 valence electrons. The molecule has 2 atom stereocenters. The number of nitrogens with zero attached hydrogens (tertiary/aromatic N) is 1. The Kier molecular flexibility index (Phi) is 3.21. The quantitative estimate of drug-likeness (QED) is 0.872. The van der Waals surface area contributed by atoms with Crippen LogP contribution in [0.15, 0.2) is 18.2 Å². The number of carbonyl (C=O) groups is 2. The third-order valence-electron chi connectivity index (χ3n) is 2.80. The van der Waals surface area contributed by atoms with Crippen LogP contribution in [0.5, 0.6) is 0 Å². The maximum absolute atomic E-state index is 11.7. The first kappa shape index (κ1) is 12.4. The van der Waals surface area contributed by atoms with Crippen molar-refractivity contribution < 1.29 is 14.7 Å². The van der Waals surface area contributed by atoms with Crippen molar-refractivity contribution in [2.24, 2.45) is 11.8 Å². The minimum Gasteiger partial charge on any atom is -0.481 e. The summed E-state index contributed by atoms with van der Waals surface area (Å²) in [5.74, 6) is -2.40. The summed E-state index contributed by atoms with van der Waals surface area (Å²) in [6, 6.07) is 6.43. The van der Waals surface area contributed by atoms with E-state index in [9.17, 15) is 9.59 Å². The van der Waals surface area contributed by atoms with E-state index < -0.39 is 17.8 Å². The number of aliphatic carboxylic acids is 1. The fraction of sp³-hybridized carbons (Fsp3) is 0.250. The van der Waals surface area contributed by atoms with Gasteiger partial charge in [-0.1, -0.05) is 11.6 Å². The Hall–Kier alpha value is -2.06. The number of hydrogen-bond donors (Lipinski definition) is 2. The maximum atomic E-state index is 11.7. The van der Waals surface area contributed by atoms with E-state index in [1.807, 2.05) is 6.07 Å². The van der Waals surface area contributed by atoms with Gasteiger partial charge in [-0.15, -0.1) is 0 Å². The Labute approximate surface area is 108 Å². The van der Waals surface area contributed by atoms with Crippen LogP contribution in [-0.2, 0) is 9.59 Å². The van der Waals surface area contributed by atoms with Gasteiger partial charge in [0.05, 0.1) is 34.2 Å². The third-order valence-corrected chi connectivity index (χ3v) is 3.11. The van der Waals surface area contributed by atoms with Gasteiger partial charge in [0.1, 0.15) is 0 Å². The predicted molar refractivity (Wildman–Crippen MR) is 64.0 cm³/mol. The highest BCUT2D eigenvalue weighted by Gasteiger charge is 2.48. The van der Waals surface area contributed by atoms with Crippen molar-refractivity contribution in [3.8, 4) is 6.07 Å². The minimum absolute atomic E-state index is 0.259. The number of hydrogen-bond acceptors (Lipinski definition) is 3. The van der Waals surface area contributed by atoms with Gasteiger partial charge in [-0.05, 0) is 24.6 Å². The Morgan fingerprint density at radius 1 is 1.44 bits per heavy atom. The first-order valence-corrected chi connectivity index (χ1v) is 5.64. The van der Waals surface area contributed by atoms with Crippen molar-refractivity contribution in [3.63, 3.8) is 0 Å². The molecule has 2 rings (SSSR count). The van der Waals surface area contributed by atoms with Gasteiger partial charge in [-0.3, -0.25) is 9.59 Å². The molecular weight excluding hydrogens is 256 g/mol. The highest BCUT2D eigenvalue weighted by Crippen LogP contribution is 2.39. The second-order valence-corrected chi connectivity index (χ2v) is 4.49. The van der Waals surface area contributed by atoms with Crippen molar-refractivity contribution in [1.82, 2.24) is 0 Å². The van der Waals surface area contributed by atoms with Gasteiger partial charge in [0.25, 0.3) is 0 Å². The average Bonchev–Trinajstić information content (AvgIpc) is 3.11. The van der Waals surface area contributed by atoms with Crippen molar-refractivity contribution in [3.05, 3.63) is 28.8 Å². The monoisotopic (exact) mass is 264 g/mol. The maximum Gasteiger partial charge on any atom is 0.307 e. The lowest BCUT2D eigenvalue weighted by Crippen LogP contribution is -2.17. The van der Waals surface area contributed by atoms with Gasteiger partial charge >= 0.3 is 5.97 Å². The number of nitriles is 1. The standard InChI is InChI=1S/C12H9ClN2O3/c13-9-3-6(5-14)1-2-10(9)15-11(16)7-4-8(7)12(17)18/h1-3,7-8H,4H2,(H,15,16)(H,17,18). The van der Waals surface area contributed by atoms with Crippen molar-refractivity contribution in [2.45, 2.75) is 6.42 Å². The van der Waals surface area contributed by atoms with E-state index in [1.165, 1.54) is 18.2 Å². The van der Waals surface area contributed by atoms with E-state index in [-0.39, 0.29) is 10.9 Å². The van der Waals surface area contributed by atoms with Crippen molar-refractivity contribution in [1.29, 1.82) is 5.26 Å². The van der Waals surface area contributed by atoms with Crippen LogP contribution in [0.1, 0.15) is 12.0 Å². The largest absolute Gasteiger partial charge is 0.481 e. The van der Waals surface area contributed by atoms with E-state index >= 15 is 0 Å². The number of anilines is 1. The summed E-state index contributed by atoms with van der Waals surface area (Å²) in [5, 5.41) is 20.2. The zero-order chi connectivity index (χ0) is 13.3. The summed E-state index contributed by atoms with van der Waals surface area (Å²) in [5.41, 5.74) is 0.782. The van der Waals surface area contributed by atoms with Crippen LogP contribution in [0, 0.1) is 23.2 Å². The van der Waals surface area contributed by atoms with Crippen LogP contribution in [0.4, 0.5) is 5.69 Å². The lowest BCUT2D eigenvalue weighted by Gasteiger charge is -2.06. The fourth-order valence-electron chi connectivity index (χ4n) is 1.67. The van der Waals surface area contributed by atoms with Gasteiger partial charge in [-0.2, -0.15) is 5.26 Å². The molecule has 18 heavy (non-hydrogen) atoms. The lowest BCUT2D eigenvalue weighted by atomic mass is 10.2. The number of benzene rings is 1. The Balaban J connectivity index is 2.05. The number of halogens is 1. The number of rotatable bonds is 3. The summed E-state index contributed by atoms with van der Waals surface area (Å²) in [6.07, 6.45) is 0.356. The first-order chi connectivity index (χ1) is 8.52. The molecule has 0 aromatic heterocycles. The summed E-state index contributed by atoms with van der Waals surface area (Å²) in [7, 11) is 0. The molecule has 1 saturated carbocycles. The summed E-state index contributed by atoms with van der Waals surface area (Å²) >= 11 is 5.89. The molecule has 2 N–H and O–H groups in total. The zero-order valence-electron chi connectivity index (χ0n) is 9.18. The molecule has 1 fully saturated rings. The van der Waals surface area contributed by atoms with Gasteiger partial charge < -0.3 is 10.4 Å². The highest BCUT2D eigenvalue weighted by molar-refractivity contribution is 6.33. The van der Waals surface area contributed by atoms with Crippen molar-refractivity contribution >= 4 is 29.2 Å². The van der Waals surface area contributed by atoms with Crippen LogP contribution in [0.3, 0.4) is 0 Å². The summed E-state index contributed by atoms with van der Waals surface area (Å²) < 4.78 is 0. The lowest BCUT2D eigenvalue weighted by molar-refractivity contribution is -0.139. The number of carboxylic acids is 1. The van der Waals surface area contributed by atoms with E-state index in [0.29, 0.717) is 17.7 Å². The van der Waals surface area contributed by atoms with Gasteiger partial charge in [-0.25, -0.2) is 0 Å². The zero-order valence-corrected chi connectivity index (χ0v) is 9.94. The van der Waals surface area contributed by atoms with Gasteiger partial charge in [0, 0.05) is 0 Å². The van der Waals surface area contributed by atoms with E-state index in [0.717, 1.165) is 0 Å². The molecular formula is C12H9ClN2O3. The second-order valence-electron chi connectivity index (χ2n) is 4.08. The van der Waals surface area contributed by atoms with Crippen LogP contribution in [0.25, 0.3) is 0 Å². The molecule has 6 heteroatoms. The molecule has 5 nitrogen and oxygen atoms in total. The Morgan fingerprint density at radius 3 is 2.67 bits per heavy atom. The molecule has 0 heterocycles.